The van der Waals surface area contributed by atoms with Crippen LogP contribution in [-0.4, -0.2) is 74.2 Å². The van der Waals surface area contributed by atoms with E-state index in [-0.39, 0.29) is 5.97 Å². The maximum atomic E-state index is 12.0. The number of carbonyl (C=O) groups is 1. The number of rotatable bonds is 3. The number of nitrogens with zero attached hydrogens (tertiary/aromatic N) is 2. The number of hydrogen-bond acceptors (Lipinski definition) is 5. The average Bonchev–Trinajstić information content (AvgIpc) is 2.86. The Balaban J connectivity index is 1.99. The highest BCUT2D eigenvalue weighted by atomic mass is 16.5. The molecule has 1 aliphatic heterocycles. The third-order valence-electron chi connectivity index (χ3n) is 5.05. The summed E-state index contributed by atoms with van der Waals surface area (Å²) in [6, 6.07) is 1.10. The monoisotopic (exact) mass is 269 g/mol. The van der Waals surface area contributed by atoms with Crippen LogP contribution in [0.3, 0.4) is 0 Å². The zero-order chi connectivity index (χ0) is 14.0. The number of carbonyl (C=O) groups excluding carboxylic acids is 1. The number of nitrogens with one attached hydrogen (secondary N) is 1. The van der Waals surface area contributed by atoms with Gasteiger partial charge in [-0.15, -0.1) is 0 Å². The molecule has 1 saturated heterocycles. The van der Waals surface area contributed by atoms with Crippen LogP contribution in [0.5, 0.6) is 0 Å². The smallest absolute Gasteiger partial charge is 0.326 e. The van der Waals surface area contributed by atoms with E-state index in [1.165, 1.54) is 7.11 Å². The van der Waals surface area contributed by atoms with Gasteiger partial charge in [0.1, 0.15) is 5.54 Å². The van der Waals surface area contributed by atoms with Gasteiger partial charge in [0.15, 0.2) is 0 Å². The first kappa shape index (κ1) is 14.8. The lowest BCUT2D eigenvalue weighted by atomic mass is 9.97. The van der Waals surface area contributed by atoms with Crippen molar-refractivity contribution in [1.82, 2.24) is 15.1 Å². The van der Waals surface area contributed by atoms with Crippen molar-refractivity contribution < 1.29 is 9.53 Å². The van der Waals surface area contributed by atoms with Gasteiger partial charge in [0.05, 0.1) is 7.11 Å². The van der Waals surface area contributed by atoms with Crippen LogP contribution in [0, 0.1) is 0 Å². The molecule has 2 rings (SSSR count). The van der Waals surface area contributed by atoms with Crippen molar-refractivity contribution in [3.05, 3.63) is 0 Å². The summed E-state index contributed by atoms with van der Waals surface area (Å²) in [5.41, 5.74) is -0.466. The fourth-order valence-corrected chi connectivity index (χ4v) is 3.45. The summed E-state index contributed by atoms with van der Waals surface area (Å²) in [7, 11) is 5.53. The zero-order valence-electron chi connectivity index (χ0n) is 12.6. The highest BCUT2D eigenvalue weighted by Crippen LogP contribution is 2.34. The molecule has 1 saturated carbocycles. The minimum absolute atomic E-state index is 0.111. The summed E-state index contributed by atoms with van der Waals surface area (Å²) >= 11 is 0. The van der Waals surface area contributed by atoms with Crippen LogP contribution in [0.25, 0.3) is 0 Å². The van der Waals surface area contributed by atoms with Gasteiger partial charge in [-0.3, -0.25) is 9.69 Å². The molecule has 3 unspecified atom stereocenters. The van der Waals surface area contributed by atoms with Gasteiger partial charge in [0, 0.05) is 31.7 Å². The van der Waals surface area contributed by atoms with Crippen molar-refractivity contribution in [2.75, 3.05) is 40.8 Å². The Morgan fingerprint density at radius 2 is 2.16 bits per heavy atom. The van der Waals surface area contributed by atoms with Gasteiger partial charge in [-0.05, 0) is 40.3 Å². The van der Waals surface area contributed by atoms with Crippen molar-refractivity contribution in [2.45, 2.75) is 43.8 Å². The zero-order valence-corrected chi connectivity index (χ0v) is 12.6. The highest BCUT2D eigenvalue weighted by molar-refractivity contribution is 5.81. The first-order valence-electron chi connectivity index (χ1n) is 7.24. The van der Waals surface area contributed by atoms with Gasteiger partial charge >= 0.3 is 5.97 Å². The van der Waals surface area contributed by atoms with Gasteiger partial charge < -0.3 is 15.0 Å². The van der Waals surface area contributed by atoms with E-state index >= 15 is 0 Å². The SMILES string of the molecule is CNC1(C(=O)OC)CCC(N2CCN(C)C(C)C2)C1. The topological polar surface area (TPSA) is 44.8 Å². The summed E-state index contributed by atoms with van der Waals surface area (Å²) in [4.78, 5) is 16.9. The molecule has 0 aromatic heterocycles. The fraction of sp³-hybridized carbons (Fsp3) is 0.929. The molecule has 5 heteroatoms. The van der Waals surface area contributed by atoms with E-state index in [9.17, 15) is 4.79 Å². The second kappa shape index (κ2) is 5.77. The van der Waals surface area contributed by atoms with E-state index in [2.05, 4.69) is 29.1 Å². The summed E-state index contributed by atoms with van der Waals surface area (Å²) in [5, 5.41) is 3.21. The molecule has 0 amide bonds. The molecule has 0 bridgehead atoms. The van der Waals surface area contributed by atoms with E-state index in [1.807, 2.05) is 7.05 Å². The number of esters is 1. The van der Waals surface area contributed by atoms with Crippen LogP contribution in [0.4, 0.5) is 0 Å². The number of hydrogen-bond donors (Lipinski definition) is 1. The number of likely N-dealkylation sites (N-methyl/N-ethyl adjacent to an activating group) is 2. The van der Waals surface area contributed by atoms with Gasteiger partial charge in [-0.2, -0.15) is 0 Å². The minimum atomic E-state index is -0.466. The Labute approximate surface area is 116 Å². The summed E-state index contributed by atoms with van der Waals surface area (Å²) in [6.07, 6.45) is 2.82. The van der Waals surface area contributed by atoms with Crippen LogP contribution in [0.2, 0.25) is 0 Å². The van der Waals surface area contributed by atoms with Crippen molar-refractivity contribution >= 4 is 5.97 Å². The van der Waals surface area contributed by atoms with E-state index in [0.29, 0.717) is 12.1 Å². The molecular weight excluding hydrogens is 242 g/mol. The third-order valence-corrected chi connectivity index (χ3v) is 5.05. The van der Waals surface area contributed by atoms with E-state index in [4.69, 9.17) is 4.74 Å². The molecule has 2 aliphatic rings. The standard InChI is InChI=1S/C14H27N3O2/c1-11-10-17(8-7-16(11)3)12-5-6-14(9-12,15-2)13(18)19-4/h11-12,15H,5-10H2,1-4H3. The lowest BCUT2D eigenvalue weighted by molar-refractivity contribution is -0.148. The molecule has 3 atom stereocenters. The largest absolute Gasteiger partial charge is 0.468 e. The highest BCUT2D eigenvalue weighted by Gasteiger charge is 2.47. The van der Waals surface area contributed by atoms with E-state index in [0.717, 1.165) is 38.9 Å². The first-order chi connectivity index (χ1) is 9.02. The fourth-order valence-electron chi connectivity index (χ4n) is 3.45. The van der Waals surface area contributed by atoms with Crippen LogP contribution < -0.4 is 5.32 Å². The summed E-state index contributed by atoms with van der Waals surface area (Å²) in [5.74, 6) is -0.111. The van der Waals surface area contributed by atoms with Crippen molar-refractivity contribution in [1.29, 1.82) is 0 Å². The molecule has 0 spiro atoms. The molecule has 19 heavy (non-hydrogen) atoms. The minimum Gasteiger partial charge on any atom is -0.468 e. The Bertz CT molecular complexity index is 337. The lowest BCUT2D eigenvalue weighted by Crippen LogP contribution is -2.55. The van der Waals surface area contributed by atoms with E-state index in [1.54, 1.807) is 0 Å². The quantitative estimate of drug-likeness (QED) is 0.747. The van der Waals surface area contributed by atoms with E-state index < -0.39 is 5.54 Å². The molecule has 5 nitrogen and oxygen atoms in total. The molecular formula is C14H27N3O2. The maximum absolute atomic E-state index is 12.0. The van der Waals surface area contributed by atoms with Crippen LogP contribution in [0.15, 0.2) is 0 Å². The molecule has 2 fully saturated rings. The van der Waals surface area contributed by atoms with Gasteiger partial charge in [0.2, 0.25) is 0 Å². The Morgan fingerprint density at radius 3 is 2.74 bits per heavy atom. The van der Waals surface area contributed by atoms with Crippen LogP contribution in [0.1, 0.15) is 26.2 Å². The Kier molecular flexibility index (Phi) is 4.48. The van der Waals surface area contributed by atoms with Crippen molar-refractivity contribution in [3.8, 4) is 0 Å². The van der Waals surface area contributed by atoms with Gasteiger partial charge in [-0.25, -0.2) is 0 Å². The molecule has 0 aromatic rings. The summed E-state index contributed by atoms with van der Waals surface area (Å²) < 4.78 is 4.97. The third kappa shape index (κ3) is 2.78. The molecule has 110 valence electrons. The van der Waals surface area contributed by atoms with Crippen LogP contribution in [-0.2, 0) is 9.53 Å². The predicted molar refractivity (Wildman–Crippen MR) is 75.1 cm³/mol. The normalized spacial score (nSPS) is 37.5. The second-order valence-corrected chi connectivity index (χ2v) is 6.04. The Morgan fingerprint density at radius 1 is 1.42 bits per heavy atom. The second-order valence-electron chi connectivity index (χ2n) is 6.04. The molecule has 0 radical (unpaired) electrons. The first-order valence-corrected chi connectivity index (χ1v) is 7.24. The molecule has 0 aromatic carbocycles. The number of piperazine rings is 1. The maximum Gasteiger partial charge on any atom is 0.326 e. The average molecular weight is 269 g/mol. The Hall–Kier alpha value is -0.650. The van der Waals surface area contributed by atoms with Gasteiger partial charge in [-0.1, -0.05) is 0 Å². The predicted octanol–water partition coefficient (Wildman–Crippen LogP) is 0.306. The van der Waals surface area contributed by atoms with Crippen molar-refractivity contribution in [3.63, 3.8) is 0 Å². The molecule has 1 N–H and O–H groups in total. The molecule has 1 aliphatic carbocycles. The van der Waals surface area contributed by atoms with Crippen LogP contribution >= 0.6 is 0 Å². The summed E-state index contributed by atoms with van der Waals surface area (Å²) in [6.45, 7) is 5.59. The number of ether oxygens (including phenoxy) is 1. The van der Waals surface area contributed by atoms with Crippen molar-refractivity contribution in [2.24, 2.45) is 0 Å². The van der Waals surface area contributed by atoms with Gasteiger partial charge in [0.25, 0.3) is 0 Å². The number of methoxy groups -OCH3 is 1. The lowest BCUT2D eigenvalue weighted by Gasteiger charge is -2.41. The molecule has 1 heterocycles.